The molecule has 0 aliphatic carbocycles. The van der Waals surface area contributed by atoms with Crippen molar-refractivity contribution < 1.29 is 4.79 Å². The molecule has 1 aromatic carbocycles. The molecule has 1 aromatic heterocycles. The highest BCUT2D eigenvalue weighted by Crippen LogP contribution is 2.21. The fourth-order valence-corrected chi connectivity index (χ4v) is 1.94. The number of aromatic nitrogens is 1. The first-order valence-corrected chi connectivity index (χ1v) is 5.59. The molecule has 1 N–H and O–H groups in total. The highest BCUT2D eigenvalue weighted by Gasteiger charge is 2.15. The third kappa shape index (κ3) is 2.23. The van der Waals surface area contributed by atoms with E-state index in [9.17, 15) is 4.79 Å². The van der Waals surface area contributed by atoms with Gasteiger partial charge in [0, 0.05) is 24.0 Å². The van der Waals surface area contributed by atoms with Crippen molar-refractivity contribution in [3.8, 4) is 0 Å². The number of H-pyrrole nitrogens is 1. The van der Waals surface area contributed by atoms with Crippen LogP contribution < -0.4 is 4.90 Å². The van der Waals surface area contributed by atoms with Crippen LogP contribution in [0, 0.1) is 13.8 Å². The predicted octanol–water partition coefficient (Wildman–Crippen LogP) is 2.91. The number of carbonyl (C=O) groups excluding carboxylic acids is 1. The van der Waals surface area contributed by atoms with Crippen molar-refractivity contribution in [1.29, 1.82) is 0 Å². The first-order valence-electron chi connectivity index (χ1n) is 5.59. The first-order chi connectivity index (χ1) is 8.09. The summed E-state index contributed by atoms with van der Waals surface area (Å²) in [6.45, 7) is 3.95. The Labute approximate surface area is 101 Å². The van der Waals surface area contributed by atoms with Gasteiger partial charge in [-0.05, 0) is 32.0 Å². The van der Waals surface area contributed by atoms with Gasteiger partial charge in [0.2, 0.25) is 0 Å². The van der Waals surface area contributed by atoms with Crippen molar-refractivity contribution in [1.82, 2.24) is 4.98 Å². The Hall–Kier alpha value is -2.03. The summed E-state index contributed by atoms with van der Waals surface area (Å²) in [6.07, 6.45) is 0. The van der Waals surface area contributed by atoms with Crippen LogP contribution in [0.4, 0.5) is 5.69 Å². The highest BCUT2D eigenvalue weighted by atomic mass is 16.2. The Morgan fingerprint density at radius 3 is 2.35 bits per heavy atom. The van der Waals surface area contributed by atoms with Crippen LogP contribution in [0.2, 0.25) is 0 Å². The van der Waals surface area contributed by atoms with Gasteiger partial charge in [-0.1, -0.05) is 18.2 Å². The van der Waals surface area contributed by atoms with Crippen LogP contribution in [0.15, 0.2) is 36.4 Å². The van der Waals surface area contributed by atoms with Gasteiger partial charge in [-0.25, -0.2) is 0 Å². The van der Waals surface area contributed by atoms with E-state index in [2.05, 4.69) is 4.98 Å². The molecule has 17 heavy (non-hydrogen) atoms. The molecule has 3 heteroatoms. The maximum absolute atomic E-state index is 12.2. The van der Waals surface area contributed by atoms with E-state index >= 15 is 0 Å². The number of hydrogen-bond donors (Lipinski definition) is 1. The molecule has 0 saturated heterocycles. The lowest BCUT2D eigenvalue weighted by Gasteiger charge is -2.16. The Morgan fingerprint density at radius 2 is 1.82 bits per heavy atom. The van der Waals surface area contributed by atoms with E-state index < -0.39 is 0 Å². The molecule has 0 fully saturated rings. The molecular formula is C14H16N2O. The van der Waals surface area contributed by atoms with Crippen LogP contribution in [0.25, 0.3) is 0 Å². The highest BCUT2D eigenvalue weighted by molar-refractivity contribution is 6.06. The lowest BCUT2D eigenvalue weighted by molar-refractivity contribution is 0.0993. The van der Waals surface area contributed by atoms with E-state index in [1.165, 1.54) is 0 Å². The third-order valence-electron chi connectivity index (χ3n) is 2.81. The van der Waals surface area contributed by atoms with Gasteiger partial charge >= 0.3 is 0 Å². The minimum Gasteiger partial charge on any atom is -0.361 e. The largest absolute Gasteiger partial charge is 0.361 e. The summed E-state index contributed by atoms with van der Waals surface area (Å²) >= 11 is 0. The number of aryl methyl sites for hydroxylation is 2. The number of nitrogens with zero attached hydrogens (tertiary/aromatic N) is 1. The SMILES string of the molecule is Cc1cc(N(C)C(=O)c2ccccc2)c(C)[nH]1. The van der Waals surface area contributed by atoms with E-state index in [0.717, 1.165) is 17.1 Å². The van der Waals surface area contributed by atoms with Gasteiger partial charge in [-0.2, -0.15) is 0 Å². The van der Waals surface area contributed by atoms with Gasteiger partial charge in [0.1, 0.15) is 0 Å². The minimum absolute atomic E-state index is 0.00713. The molecule has 1 heterocycles. The van der Waals surface area contributed by atoms with E-state index in [-0.39, 0.29) is 5.91 Å². The lowest BCUT2D eigenvalue weighted by Crippen LogP contribution is -2.26. The molecule has 88 valence electrons. The van der Waals surface area contributed by atoms with Gasteiger partial charge in [0.05, 0.1) is 5.69 Å². The third-order valence-corrected chi connectivity index (χ3v) is 2.81. The van der Waals surface area contributed by atoms with Crippen molar-refractivity contribution in [3.63, 3.8) is 0 Å². The van der Waals surface area contributed by atoms with E-state index in [1.54, 1.807) is 11.9 Å². The number of nitrogens with one attached hydrogen (secondary N) is 1. The van der Waals surface area contributed by atoms with Crippen LogP contribution in [0.5, 0.6) is 0 Å². The normalized spacial score (nSPS) is 10.3. The van der Waals surface area contributed by atoms with Crippen molar-refractivity contribution in [3.05, 3.63) is 53.3 Å². The maximum Gasteiger partial charge on any atom is 0.258 e. The topological polar surface area (TPSA) is 36.1 Å². The Balaban J connectivity index is 2.30. The van der Waals surface area contributed by atoms with Gasteiger partial charge < -0.3 is 9.88 Å². The molecule has 2 aromatic rings. The number of aromatic amines is 1. The molecule has 3 nitrogen and oxygen atoms in total. The summed E-state index contributed by atoms with van der Waals surface area (Å²) in [6, 6.07) is 11.3. The first kappa shape index (κ1) is 11.5. The van der Waals surface area contributed by atoms with E-state index in [0.29, 0.717) is 5.56 Å². The second-order valence-electron chi connectivity index (χ2n) is 4.19. The summed E-state index contributed by atoms with van der Waals surface area (Å²) < 4.78 is 0. The second kappa shape index (κ2) is 4.45. The zero-order valence-corrected chi connectivity index (χ0v) is 10.3. The van der Waals surface area contributed by atoms with Crippen LogP contribution >= 0.6 is 0 Å². The number of amides is 1. The Morgan fingerprint density at radius 1 is 1.18 bits per heavy atom. The summed E-state index contributed by atoms with van der Waals surface area (Å²) in [7, 11) is 1.80. The molecule has 0 bridgehead atoms. The Kier molecular flexibility index (Phi) is 3.00. The van der Waals surface area contributed by atoms with Crippen LogP contribution in [0.3, 0.4) is 0 Å². The molecule has 0 aliphatic heterocycles. The summed E-state index contributed by atoms with van der Waals surface area (Å²) in [5.74, 6) is 0.00713. The molecule has 2 rings (SSSR count). The number of rotatable bonds is 2. The average Bonchev–Trinajstić information content (AvgIpc) is 2.68. The van der Waals surface area contributed by atoms with E-state index in [4.69, 9.17) is 0 Å². The molecule has 0 spiro atoms. The van der Waals surface area contributed by atoms with Gasteiger partial charge in [0.15, 0.2) is 0 Å². The zero-order valence-electron chi connectivity index (χ0n) is 10.3. The summed E-state index contributed by atoms with van der Waals surface area (Å²) in [4.78, 5) is 17.1. The van der Waals surface area contributed by atoms with Gasteiger partial charge in [0.25, 0.3) is 5.91 Å². The number of hydrogen-bond acceptors (Lipinski definition) is 1. The molecular weight excluding hydrogens is 212 g/mol. The monoisotopic (exact) mass is 228 g/mol. The van der Waals surface area contributed by atoms with Crippen LogP contribution in [0.1, 0.15) is 21.7 Å². The predicted molar refractivity (Wildman–Crippen MR) is 69.4 cm³/mol. The second-order valence-corrected chi connectivity index (χ2v) is 4.19. The van der Waals surface area contributed by atoms with Gasteiger partial charge in [-0.3, -0.25) is 4.79 Å². The van der Waals surface area contributed by atoms with Crippen LogP contribution in [-0.2, 0) is 0 Å². The summed E-state index contributed by atoms with van der Waals surface area (Å²) in [5, 5.41) is 0. The fourth-order valence-electron chi connectivity index (χ4n) is 1.94. The van der Waals surface area contributed by atoms with Crippen molar-refractivity contribution in [2.75, 3.05) is 11.9 Å². The lowest BCUT2D eigenvalue weighted by atomic mass is 10.2. The molecule has 0 saturated carbocycles. The molecule has 0 radical (unpaired) electrons. The van der Waals surface area contributed by atoms with Crippen molar-refractivity contribution >= 4 is 11.6 Å². The number of benzene rings is 1. The fraction of sp³-hybridized carbons (Fsp3) is 0.214. The molecule has 1 amide bonds. The summed E-state index contributed by atoms with van der Waals surface area (Å²) in [5.41, 5.74) is 3.70. The average molecular weight is 228 g/mol. The quantitative estimate of drug-likeness (QED) is 0.843. The van der Waals surface area contributed by atoms with Crippen LogP contribution in [-0.4, -0.2) is 17.9 Å². The van der Waals surface area contributed by atoms with Crippen molar-refractivity contribution in [2.24, 2.45) is 0 Å². The minimum atomic E-state index is 0.00713. The smallest absolute Gasteiger partial charge is 0.258 e. The van der Waals surface area contributed by atoms with E-state index in [1.807, 2.05) is 50.2 Å². The molecule has 0 aliphatic rings. The zero-order chi connectivity index (χ0) is 12.4. The van der Waals surface area contributed by atoms with Crippen molar-refractivity contribution in [2.45, 2.75) is 13.8 Å². The maximum atomic E-state index is 12.2. The number of carbonyl (C=O) groups is 1. The molecule has 0 atom stereocenters. The Bertz CT molecular complexity index is 528. The molecule has 0 unspecified atom stereocenters. The van der Waals surface area contributed by atoms with Gasteiger partial charge in [-0.15, -0.1) is 0 Å². The number of anilines is 1. The standard InChI is InChI=1S/C14H16N2O/c1-10-9-13(11(2)15-10)16(3)14(17)12-7-5-4-6-8-12/h4-9,15H,1-3H3.